The minimum Gasteiger partial charge on any atom is -0.351 e. The minimum absolute atomic E-state index is 0.0961. The Bertz CT molecular complexity index is 793. The molecule has 122 valence electrons. The van der Waals surface area contributed by atoms with Crippen LogP contribution >= 0.6 is 28.6 Å². The molecule has 2 rings (SSSR count). The summed E-state index contributed by atoms with van der Waals surface area (Å²) in [6.45, 7) is 0.273. The van der Waals surface area contributed by atoms with Gasteiger partial charge in [0.2, 0.25) is 10.0 Å². The highest BCUT2D eigenvalue weighted by Crippen LogP contribution is 2.14. The van der Waals surface area contributed by atoms with Gasteiger partial charge in [-0.2, -0.15) is 0 Å². The zero-order chi connectivity index (χ0) is 16.9. The molecule has 0 heterocycles. The number of thiol groups is 1. The van der Waals surface area contributed by atoms with Crippen LogP contribution in [-0.2, 0) is 10.0 Å². The lowest BCUT2D eigenvalue weighted by Gasteiger charge is -2.09. The van der Waals surface area contributed by atoms with Crippen molar-refractivity contribution >= 4 is 44.5 Å². The van der Waals surface area contributed by atoms with Gasteiger partial charge in [0.25, 0.3) is 5.91 Å². The van der Waals surface area contributed by atoms with Crippen molar-refractivity contribution in [3.8, 4) is 0 Å². The number of halogens is 1. The lowest BCUT2D eigenvalue weighted by atomic mass is 10.2. The minimum atomic E-state index is -3.59. The maximum Gasteiger partial charge on any atom is 0.252 e. The molecule has 2 aromatic rings. The molecule has 0 saturated heterocycles. The largest absolute Gasteiger partial charge is 0.351 e. The zero-order valence-electron chi connectivity index (χ0n) is 12.0. The summed E-state index contributed by atoms with van der Waals surface area (Å²) >= 11 is 7.46. The summed E-state index contributed by atoms with van der Waals surface area (Å²) in [7, 11) is -3.59. The Kier molecular flexibility index (Phi) is 6.23. The van der Waals surface area contributed by atoms with Crippen LogP contribution in [0.3, 0.4) is 0 Å². The van der Waals surface area contributed by atoms with E-state index in [2.05, 4.69) is 38.6 Å². The number of hydrogen-bond donors (Lipinski definition) is 3. The fourth-order valence-electron chi connectivity index (χ4n) is 1.82. The normalized spacial score (nSPS) is 11.2. The first-order valence-corrected chi connectivity index (χ1v) is 9.44. The second-order valence-corrected chi connectivity index (χ2v) is 7.79. The first-order valence-electron chi connectivity index (χ1n) is 6.71. The van der Waals surface area contributed by atoms with E-state index in [0.717, 1.165) is 4.47 Å². The Morgan fingerprint density at radius 2 is 1.70 bits per heavy atom. The number of nitrogens with one attached hydrogen (secondary N) is 2. The molecule has 0 atom stereocenters. The van der Waals surface area contributed by atoms with Crippen molar-refractivity contribution < 1.29 is 13.2 Å². The highest BCUT2D eigenvalue weighted by Gasteiger charge is 2.13. The third kappa shape index (κ3) is 5.07. The van der Waals surface area contributed by atoms with Crippen molar-refractivity contribution in [2.45, 2.75) is 9.79 Å². The number of sulfonamides is 1. The monoisotopic (exact) mass is 414 g/mol. The summed E-state index contributed by atoms with van der Waals surface area (Å²) in [5, 5.41) is 2.65. The summed E-state index contributed by atoms with van der Waals surface area (Å²) in [5.74, 6) is -0.293. The smallest absolute Gasteiger partial charge is 0.252 e. The van der Waals surface area contributed by atoms with Crippen LogP contribution in [0.25, 0.3) is 0 Å². The van der Waals surface area contributed by atoms with Crippen molar-refractivity contribution in [1.29, 1.82) is 0 Å². The van der Waals surface area contributed by atoms with Crippen molar-refractivity contribution in [2.75, 3.05) is 13.1 Å². The van der Waals surface area contributed by atoms with Gasteiger partial charge in [-0.25, -0.2) is 13.1 Å². The predicted octanol–water partition coefficient (Wildman–Crippen LogP) is 2.45. The van der Waals surface area contributed by atoms with E-state index in [1.807, 2.05) is 0 Å². The molecule has 1 amide bonds. The van der Waals surface area contributed by atoms with Crippen molar-refractivity contribution in [2.24, 2.45) is 0 Å². The maximum absolute atomic E-state index is 12.1. The van der Waals surface area contributed by atoms with Gasteiger partial charge in [0.15, 0.2) is 0 Å². The van der Waals surface area contributed by atoms with Crippen molar-refractivity contribution in [1.82, 2.24) is 10.0 Å². The number of rotatable bonds is 6. The Labute approximate surface area is 149 Å². The standard InChI is InChI=1S/C15H15BrN2O3S2/c16-11-5-7-12(8-6-11)23(20,21)18-10-9-17-15(19)13-3-1-2-4-14(13)22/h1-8,18,22H,9-10H2,(H,17,19). The van der Waals surface area contributed by atoms with Crippen LogP contribution in [0.2, 0.25) is 0 Å². The molecule has 0 fully saturated rings. The lowest BCUT2D eigenvalue weighted by Crippen LogP contribution is -2.34. The zero-order valence-corrected chi connectivity index (χ0v) is 15.3. The summed E-state index contributed by atoms with van der Waals surface area (Å²) in [4.78, 5) is 12.7. The van der Waals surface area contributed by atoms with Gasteiger partial charge in [0.05, 0.1) is 10.5 Å². The molecule has 0 spiro atoms. The van der Waals surface area contributed by atoms with Crippen LogP contribution in [0.1, 0.15) is 10.4 Å². The predicted molar refractivity (Wildman–Crippen MR) is 95.4 cm³/mol. The van der Waals surface area contributed by atoms with Gasteiger partial charge in [0, 0.05) is 22.5 Å². The van der Waals surface area contributed by atoms with Gasteiger partial charge >= 0.3 is 0 Å². The summed E-state index contributed by atoms with van der Waals surface area (Å²) in [6, 6.07) is 13.2. The molecule has 2 N–H and O–H groups in total. The van der Waals surface area contributed by atoms with E-state index in [1.54, 1.807) is 36.4 Å². The molecule has 5 nitrogen and oxygen atoms in total. The summed E-state index contributed by atoms with van der Waals surface area (Å²) in [6.07, 6.45) is 0. The van der Waals surface area contributed by atoms with Crippen LogP contribution in [0, 0.1) is 0 Å². The van der Waals surface area contributed by atoms with Crippen LogP contribution in [0.5, 0.6) is 0 Å². The fourth-order valence-corrected chi connectivity index (χ4v) is 3.38. The van der Waals surface area contributed by atoms with Gasteiger partial charge in [-0.15, -0.1) is 12.6 Å². The van der Waals surface area contributed by atoms with E-state index >= 15 is 0 Å². The van der Waals surface area contributed by atoms with Crippen LogP contribution in [0.15, 0.2) is 62.8 Å². The molecule has 0 radical (unpaired) electrons. The van der Waals surface area contributed by atoms with Gasteiger partial charge in [0.1, 0.15) is 0 Å². The van der Waals surface area contributed by atoms with E-state index in [0.29, 0.717) is 10.5 Å². The second kappa shape index (κ2) is 7.96. The van der Waals surface area contributed by atoms with Gasteiger partial charge in [-0.1, -0.05) is 28.1 Å². The Hall–Kier alpha value is -1.35. The van der Waals surface area contributed by atoms with Crippen LogP contribution in [0.4, 0.5) is 0 Å². The molecular formula is C15H15BrN2O3S2. The Morgan fingerprint density at radius 3 is 2.35 bits per heavy atom. The third-order valence-electron chi connectivity index (χ3n) is 2.98. The number of hydrogen-bond acceptors (Lipinski definition) is 4. The molecule has 0 aliphatic carbocycles. The number of amides is 1. The quantitative estimate of drug-likeness (QED) is 0.501. The lowest BCUT2D eigenvalue weighted by molar-refractivity contribution is 0.0951. The van der Waals surface area contributed by atoms with Gasteiger partial charge < -0.3 is 5.32 Å². The average molecular weight is 415 g/mol. The number of carbonyl (C=O) groups excluding carboxylic acids is 1. The van der Waals surface area contributed by atoms with Crippen LogP contribution < -0.4 is 10.0 Å². The maximum atomic E-state index is 12.1. The van der Waals surface area contributed by atoms with Crippen LogP contribution in [-0.4, -0.2) is 27.4 Å². The first kappa shape index (κ1) is 18.0. The molecule has 0 aromatic heterocycles. The van der Waals surface area contributed by atoms with E-state index in [-0.39, 0.29) is 23.9 Å². The summed E-state index contributed by atoms with van der Waals surface area (Å²) in [5.41, 5.74) is 0.451. The molecule has 23 heavy (non-hydrogen) atoms. The third-order valence-corrected chi connectivity index (χ3v) is 5.37. The van der Waals surface area contributed by atoms with E-state index in [4.69, 9.17) is 0 Å². The highest BCUT2D eigenvalue weighted by molar-refractivity contribution is 9.10. The Morgan fingerprint density at radius 1 is 1.04 bits per heavy atom. The molecule has 0 saturated carbocycles. The van der Waals surface area contributed by atoms with Gasteiger partial charge in [-0.05, 0) is 36.4 Å². The first-order chi connectivity index (χ1) is 10.9. The van der Waals surface area contributed by atoms with E-state index in [1.165, 1.54) is 12.1 Å². The topological polar surface area (TPSA) is 75.3 Å². The summed E-state index contributed by atoms with van der Waals surface area (Å²) < 4.78 is 27.4. The molecule has 0 bridgehead atoms. The highest BCUT2D eigenvalue weighted by atomic mass is 79.9. The van der Waals surface area contributed by atoms with E-state index < -0.39 is 10.0 Å². The molecule has 2 aromatic carbocycles. The fraction of sp³-hybridized carbons (Fsp3) is 0.133. The Balaban J connectivity index is 1.86. The average Bonchev–Trinajstić information content (AvgIpc) is 2.52. The molecule has 0 aliphatic heterocycles. The van der Waals surface area contributed by atoms with Gasteiger partial charge in [-0.3, -0.25) is 4.79 Å². The SMILES string of the molecule is O=C(NCCNS(=O)(=O)c1ccc(Br)cc1)c1ccccc1S. The number of carbonyl (C=O) groups is 1. The molecule has 0 aliphatic rings. The second-order valence-electron chi connectivity index (χ2n) is 4.62. The molecular weight excluding hydrogens is 400 g/mol. The number of benzene rings is 2. The van der Waals surface area contributed by atoms with E-state index in [9.17, 15) is 13.2 Å². The molecule has 8 heteroatoms. The van der Waals surface area contributed by atoms with Crippen molar-refractivity contribution in [3.63, 3.8) is 0 Å². The molecule has 0 unspecified atom stereocenters. The van der Waals surface area contributed by atoms with Crippen molar-refractivity contribution in [3.05, 3.63) is 58.6 Å².